The van der Waals surface area contributed by atoms with Gasteiger partial charge in [-0.1, -0.05) is 0 Å². The van der Waals surface area contributed by atoms with Crippen molar-refractivity contribution in [2.45, 2.75) is 31.5 Å². The van der Waals surface area contributed by atoms with Crippen LogP contribution in [0, 0.1) is 0 Å². The highest BCUT2D eigenvalue weighted by atomic mass is 16.6. The second kappa shape index (κ2) is 4.65. The molecule has 108 valence electrons. The Bertz CT molecular complexity index is 629. The monoisotopic (exact) mass is 280 g/mol. The number of hydrogen-bond donors (Lipinski definition) is 2. The molecular weight excluding hydrogens is 263 g/mol. The van der Waals surface area contributed by atoms with Gasteiger partial charge in [0.05, 0.1) is 12.4 Å². The highest BCUT2D eigenvalue weighted by molar-refractivity contribution is 5.83. The Morgan fingerprint density at radius 2 is 1.95 bits per heavy atom. The molecule has 8 heteroatoms. The first-order valence-corrected chi connectivity index (χ1v) is 6.37. The molecule has 8 nitrogen and oxygen atoms in total. The van der Waals surface area contributed by atoms with E-state index in [1.54, 1.807) is 17.8 Å². The number of hydrogen-bond acceptors (Lipinski definition) is 7. The van der Waals surface area contributed by atoms with Gasteiger partial charge in [0, 0.05) is 14.1 Å². The lowest BCUT2D eigenvalue weighted by Crippen LogP contribution is -2.30. The van der Waals surface area contributed by atoms with Crippen molar-refractivity contribution in [3.63, 3.8) is 0 Å². The van der Waals surface area contributed by atoms with E-state index in [9.17, 15) is 10.2 Å². The van der Waals surface area contributed by atoms with Gasteiger partial charge in [-0.3, -0.25) is 4.57 Å². The molecule has 0 spiro atoms. The molecule has 1 aliphatic heterocycles. The zero-order valence-electron chi connectivity index (χ0n) is 11.5. The van der Waals surface area contributed by atoms with E-state index in [0.717, 1.165) is 0 Å². The fourth-order valence-electron chi connectivity index (χ4n) is 2.41. The molecule has 0 aromatic carbocycles. The van der Waals surface area contributed by atoms with Crippen LogP contribution in [0.1, 0.15) is 13.2 Å². The molecule has 0 saturated carbocycles. The van der Waals surface area contributed by atoms with E-state index in [2.05, 4.69) is 15.0 Å². The van der Waals surface area contributed by atoms with Gasteiger partial charge >= 0.3 is 0 Å². The number of nitrogens with zero attached hydrogens (tertiary/aromatic N) is 5. The van der Waals surface area contributed by atoms with Gasteiger partial charge in [0.2, 0.25) is 0 Å². The first-order valence-electron chi connectivity index (χ1n) is 6.37. The summed E-state index contributed by atoms with van der Waals surface area (Å²) >= 11 is 0. The molecule has 0 radical (unpaired) electrons. The topological polar surface area (TPSA) is 96.5 Å². The third kappa shape index (κ3) is 1.84. The lowest BCUT2D eigenvalue weighted by Gasteiger charge is -2.17. The molecule has 3 heterocycles. The maximum Gasteiger partial charge on any atom is 0.167 e. The molecule has 1 fully saturated rings. The smallest absolute Gasteiger partial charge is 0.167 e. The molecule has 1 saturated heterocycles. The molecular formula is C12H17N5O3. The quantitative estimate of drug-likeness (QED) is 0.718. The molecule has 0 unspecified atom stereocenters. The summed E-state index contributed by atoms with van der Waals surface area (Å²) in [5, 5.41) is 19.9. The lowest BCUT2D eigenvalue weighted by molar-refractivity contribution is -0.0299. The molecule has 4 atom stereocenters. The fourth-order valence-corrected chi connectivity index (χ4v) is 2.41. The molecule has 20 heavy (non-hydrogen) atoms. The van der Waals surface area contributed by atoms with Crippen molar-refractivity contribution in [2.75, 3.05) is 19.0 Å². The summed E-state index contributed by atoms with van der Waals surface area (Å²) in [4.78, 5) is 14.5. The number of aliphatic hydroxyl groups is 2. The Kier molecular flexibility index (Phi) is 3.08. The van der Waals surface area contributed by atoms with Crippen LogP contribution in [0.2, 0.25) is 0 Å². The minimum Gasteiger partial charge on any atom is -0.388 e. The maximum atomic E-state index is 10.1. The number of rotatable bonds is 2. The van der Waals surface area contributed by atoms with Gasteiger partial charge in [0.1, 0.15) is 18.5 Å². The van der Waals surface area contributed by atoms with E-state index in [1.807, 2.05) is 19.0 Å². The van der Waals surface area contributed by atoms with E-state index in [4.69, 9.17) is 4.74 Å². The van der Waals surface area contributed by atoms with Crippen LogP contribution in [0.25, 0.3) is 11.2 Å². The Labute approximate surface area is 115 Å². The molecule has 0 amide bonds. The predicted octanol–water partition coefficient (Wildman–Crippen LogP) is -0.469. The number of fused-ring (bicyclic) bond motifs is 1. The van der Waals surface area contributed by atoms with Gasteiger partial charge in [-0.15, -0.1) is 0 Å². The van der Waals surface area contributed by atoms with Gasteiger partial charge < -0.3 is 19.8 Å². The van der Waals surface area contributed by atoms with E-state index in [-0.39, 0.29) is 0 Å². The minimum atomic E-state index is -1.01. The fraction of sp³-hybridized carbons (Fsp3) is 0.583. The number of aliphatic hydroxyl groups excluding tert-OH is 2. The zero-order chi connectivity index (χ0) is 14.4. The van der Waals surface area contributed by atoms with Crippen molar-refractivity contribution in [3.8, 4) is 0 Å². The van der Waals surface area contributed by atoms with E-state index < -0.39 is 24.5 Å². The second-order valence-electron chi connectivity index (χ2n) is 5.13. The number of imidazole rings is 1. The number of ether oxygens (including phenoxy) is 1. The summed E-state index contributed by atoms with van der Waals surface area (Å²) in [6.07, 6.45) is -0.0903. The van der Waals surface area contributed by atoms with Gasteiger partial charge in [-0.05, 0) is 6.92 Å². The van der Waals surface area contributed by atoms with Crippen LogP contribution in [0.4, 0.5) is 5.82 Å². The van der Waals surface area contributed by atoms with Crippen molar-refractivity contribution in [3.05, 3.63) is 12.7 Å². The molecule has 0 bridgehead atoms. The average molecular weight is 280 g/mol. The predicted molar refractivity (Wildman–Crippen MR) is 71.2 cm³/mol. The van der Waals surface area contributed by atoms with Crippen LogP contribution >= 0.6 is 0 Å². The summed E-state index contributed by atoms with van der Waals surface area (Å²) in [6, 6.07) is 0. The maximum absolute atomic E-state index is 10.1. The lowest BCUT2D eigenvalue weighted by atomic mass is 10.2. The van der Waals surface area contributed by atoms with Crippen molar-refractivity contribution in [1.29, 1.82) is 0 Å². The van der Waals surface area contributed by atoms with Crippen LogP contribution in [-0.2, 0) is 4.74 Å². The van der Waals surface area contributed by atoms with Gasteiger partial charge in [0.25, 0.3) is 0 Å². The Morgan fingerprint density at radius 1 is 1.20 bits per heavy atom. The molecule has 2 N–H and O–H groups in total. The van der Waals surface area contributed by atoms with Crippen LogP contribution in [0.15, 0.2) is 12.7 Å². The van der Waals surface area contributed by atoms with Gasteiger partial charge in [0.15, 0.2) is 23.2 Å². The number of aromatic nitrogens is 4. The van der Waals surface area contributed by atoms with Crippen molar-refractivity contribution in [1.82, 2.24) is 19.5 Å². The van der Waals surface area contributed by atoms with Crippen molar-refractivity contribution in [2.24, 2.45) is 0 Å². The largest absolute Gasteiger partial charge is 0.388 e. The van der Waals surface area contributed by atoms with Crippen molar-refractivity contribution >= 4 is 17.0 Å². The van der Waals surface area contributed by atoms with E-state index in [0.29, 0.717) is 17.0 Å². The van der Waals surface area contributed by atoms with Crippen LogP contribution in [-0.4, -0.2) is 62.1 Å². The highest BCUT2D eigenvalue weighted by Gasteiger charge is 2.42. The average Bonchev–Trinajstić information content (AvgIpc) is 2.95. The summed E-state index contributed by atoms with van der Waals surface area (Å²) in [5.41, 5.74) is 1.19. The SMILES string of the molecule is CN(C)c1ncnc2c1ncn2[C@@H]1O[C@H]([13CH3])[C@@H](O)[C@H]1O. The van der Waals surface area contributed by atoms with Gasteiger partial charge in [-0.2, -0.15) is 0 Å². The third-order valence-corrected chi connectivity index (χ3v) is 3.51. The number of anilines is 1. The standard InChI is InChI=1S/C12H17N5O3/c1-6-8(18)9(19)12(20-6)17-5-15-7-10(16(2)3)13-4-14-11(7)17/h4-6,8-9,12,18-19H,1-3H3/t6-,8-,9-,12-/m1/s1/i1+1. The zero-order valence-corrected chi connectivity index (χ0v) is 11.5. The first kappa shape index (κ1) is 13.2. The molecule has 1 aliphatic rings. The van der Waals surface area contributed by atoms with E-state index in [1.165, 1.54) is 6.33 Å². The minimum absolute atomic E-state index is 0.442. The summed E-state index contributed by atoms with van der Waals surface area (Å²) in [5.74, 6) is 0.690. The summed E-state index contributed by atoms with van der Waals surface area (Å²) < 4.78 is 7.21. The van der Waals surface area contributed by atoms with E-state index >= 15 is 0 Å². The molecule has 3 rings (SSSR count). The third-order valence-electron chi connectivity index (χ3n) is 3.51. The Morgan fingerprint density at radius 3 is 2.55 bits per heavy atom. The first-order chi connectivity index (χ1) is 9.50. The highest BCUT2D eigenvalue weighted by Crippen LogP contribution is 2.32. The van der Waals surface area contributed by atoms with Crippen LogP contribution < -0.4 is 4.90 Å². The summed E-state index contributed by atoms with van der Waals surface area (Å²) in [6.45, 7) is 1.72. The Hall–Kier alpha value is -1.77. The van der Waals surface area contributed by atoms with Crippen molar-refractivity contribution < 1.29 is 14.9 Å². The second-order valence-corrected chi connectivity index (χ2v) is 5.13. The normalized spacial score (nSPS) is 30.1. The van der Waals surface area contributed by atoms with Crippen LogP contribution in [0.3, 0.4) is 0 Å². The molecule has 0 aliphatic carbocycles. The summed E-state index contributed by atoms with van der Waals surface area (Å²) in [7, 11) is 3.74. The molecule has 2 aromatic rings. The van der Waals surface area contributed by atoms with Crippen LogP contribution in [0.5, 0.6) is 0 Å². The Balaban J connectivity index is 2.08. The molecule has 2 aromatic heterocycles. The van der Waals surface area contributed by atoms with Gasteiger partial charge in [-0.25, -0.2) is 15.0 Å².